The number of allylic oxidation sites excluding steroid dienone is 1. The summed E-state index contributed by atoms with van der Waals surface area (Å²) in [6, 6.07) is 13.3. The summed E-state index contributed by atoms with van der Waals surface area (Å²) < 4.78 is 2.36. The van der Waals surface area contributed by atoms with Gasteiger partial charge in [0, 0.05) is 118 Å². The van der Waals surface area contributed by atoms with Gasteiger partial charge in [-0.3, -0.25) is 28.8 Å². The fraction of sp³-hybridized carbons (Fsp3) is 0.400. The van der Waals surface area contributed by atoms with E-state index in [1.807, 2.05) is 41.5 Å². The first-order valence-corrected chi connectivity index (χ1v) is 28.0. The SMILES string of the molecule is CN(C)C(=O)c1ccc(N=N/C(C(=N)C(C)(C)C)=C(\N)Nc2nc(-n3nc(C(C)(C)C)c(N=Nc4ccc(C(=O)N(C)C)cc4C(=O)N(C)C)c3N)nc(-n3nc(C(C)(C)C)c(N=Nc4ccc(C(=O)N(C)C)cc4C(=O)N(C)C)c3N)n2)c(C(=O)N(C)C)c1. The van der Waals surface area contributed by atoms with Crippen LogP contribution in [0.5, 0.6) is 0 Å². The quantitative estimate of drug-likeness (QED) is 0.0422. The molecule has 6 amide bonds. The van der Waals surface area contributed by atoms with Crippen LogP contribution in [0, 0.1) is 10.8 Å². The Hall–Kier alpha value is -10.7. The van der Waals surface area contributed by atoms with Crippen molar-refractivity contribution in [1.82, 2.24) is 63.9 Å². The van der Waals surface area contributed by atoms with Crippen molar-refractivity contribution in [3.05, 3.63) is 111 Å². The van der Waals surface area contributed by atoms with Gasteiger partial charge < -0.3 is 57.3 Å². The van der Waals surface area contributed by atoms with Gasteiger partial charge in [0.2, 0.25) is 5.95 Å². The van der Waals surface area contributed by atoms with E-state index in [0.717, 1.165) is 0 Å². The molecule has 0 aliphatic carbocycles. The van der Waals surface area contributed by atoms with E-state index >= 15 is 0 Å². The van der Waals surface area contributed by atoms with E-state index < -0.39 is 34.0 Å². The molecular formula is C60H80N24O6. The van der Waals surface area contributed by atoms with E-state index in [9.17, 15) is 34.2 Å². The summed E-state index contributed by atoms with van der Waals surface area (Å²) >= 11 is 0. The summed E-state index contributed by atoms with van der Waals surface area (Å²) in [5.41, 5.74) is 20.1. The standard InChI is InChI=1S/C60H80N24O6/c1-58(2,3)43(61)40(72-69-37-25-22-31(49(85)77(10)11)28-34(37)52(88)80(16)17)46(62)65-55-66-56(83-47(63)41(44(75-83)59(4,5)6)73-70-38-26-23-32(50(86)78(12)13)29-35(38)53(89)81(18)19)68-57(67-55)84-48(64)42(45(76-84)60(7,8)9)74-71-39-27-24-33(51(87)79(14)15)30-36(39)54(90)82(20)21/h22-30,61H,62-64H2,1-21H3,(H,65,66,67,68)/b46-40+,61-43?,72-69?,73-70?,74-71?. The summed E-state index contributed by atoms with van der Waals surface area (Å²) in [6.45, 7) is 16.4. The molecule has 0 aliphatic heterocycles. The summed E-state index contributed by atoms with van der Waals surface area (Å²) in [6.07, 6.45) is 0. The van der Waals surface area contributed by atoms with Crippen molar-refractivity contribution in [1.29, 1.82) is 5.41 Å². The molecule has 6 rings (SSSR count). The number of benzene rings is 3. The van der Waals surface area contributed by atoms with Crippen LogP contribution in [0.15, 0.2) is 96.8 Å². The van der Waals surface area contributed by atoms with Crippen molar-refractivity contribution >= 4 is 87.2 Å². The molecule has 3 aromatic carbocycles. The van der Waals surface area contributed by atoms with Crippen LogP contribution < -0.4 is 22.5 Å². The number of aromatic nitrogens is 7. The van der Waals surface area contributed by atoms with E-state index in [1.165, 1.54) is 93.4 Å². The highest BCUT2D eigenvalue weighted by Crippen LogP contribution is 2.41. The molecule has 0 saturated heterocycles. The van der Waals surface area contributed by atoms with Crippen LogP contribution >= 0.6 is 0 Å². The molecule has 0 aliphatic rings. The first-order valence-electron chi connectivity index (χ1n) is 28.0. The summed E-state index contributed by atoms with van der Waals surface area (Å²) in [4.78, 5) is 103. The van der Waals surface area contributed by atoms with Gasteiger partial charge in [0.25, 0.3) is 47.3 Å². The van der Waals surface area contributed by atoms with Gasteiger partial charge in [-0.05, 0) is 54.6 Å². The van der Waals surface area contributed by atoms with Gasteiger partial charge in [0.1, 0.15) is 11.5 Å². The number of hydrogen-bond donors (Lipinski definition) is 5. The van der Waals surface area contributed by atoms with Crippen molar-refractivity contribution in [2.45, 2.75) is 73.1 Å². The lowest BCUT2D eigenvalue weighted by atomic mass is 9.88. The topological polar surface area (TPSA) is 384 Å². The molecule has 476 valence electrons. The number of rotatable bonds is 17. The third kappa shape index (κ3) is 15.0. The molecule has 0 spiro atoms. The van der Waals surface area contributed by atoms with Crippen LogP contribution in [0.4, 0.5) is 46.0 Å². The van der Waals surface area contributed by atoms with Gasteiger partial charge in [-0.15, -0.1) is 30.7 Å². The van der Waals surface area contributed by atoms with Crippen LogP contribution in [0.2, 0.25) is 0 Å². The number of nitrogen functional groups attached to an aromatic ring is 2. The maximum absolute atomic E-state index is 13.6. The first kappa shape index (κ1) is 68.4. The molecule has 0 fully saturated rings. The Labute approximate surface area is 522 Å². The van der Waals surface area contributed by atoms with Crippen LogP contribution in [-0.2, 0) is 10.8 Å². The van der Waals surface area contributed by atoms with Gasteiger partial charge >= 0.3 is 0 Å². The maximum atomic E-state index is 13.6. The molecule has 3 heterocycles. The Morgan fingerprint density at radius 1 is 0.467 bits per heavy atom. The number of carbonyl (C=O) groups excluding carboxylic acids is 6. The van der Waals surface area contributed by atoms with Crippen LogP contribution in [0.25, 0.3) is 11.9 Å². The Balaban J connectivity index is 1.66. The zero-order chi connectivity index (χ0) is 67.6. The van der Waals surface area contributed by atoms with Crippen molar-refractivity contribution in [2.24, 2.45) is 41.8 Å². The zero-order valence-corrected chi connectivity index (χ0v) is 54.9. The van der Waals surface area contributed by atoms with Crippen LogP contribution in [0.1, 0.15) is 136 Å². The second-order valence-electron chi connectivity index (χ2n) is 25.3. The van der Waals surface area contributed by atoms with E-state index in [1.54, 1.807) is 105 Å². The van der Waals surface area contributed by atoms with E-state index in [4.69, 9.17) is 42.4 Å². The number of anilines is 3. The fourth-order valence-electron chi connectivity index (χ4n) is 8.32. The Kier molecular flexibility index (Phi) is 20.0. The lowest BCUT2D eigenvalue weighted by Gasteiger charge is -2.21. The van der Waals surface area contributed by atoms with Crippen molar-refractivity contribution in [2.75, 3.05) is 101 Å². The van der Waals surface area contributed by atoms with Gasteiger partial charge in [-0.1, -0.05) is 62.3 Å². The highest BCUT2D eigenvalue weighted by Gasteiger charge is 2.33. The number of amides is 6. The van der Waals surface area contributed by atoms with Crippen molar-refractivity contribution < 1.29 is 28.8 Å². The molecule has 8 N–H and O–H groups in total. The minimum atomic E-state index is -0.922. The van der Waals surface area contributed by atoms with Gasteiger partial charge in [-0.2, -0.15) is 34.5 Å². The molecule has 3 aromatic heterocycles. The van der Waals surface area contributed by atoms with E-state index in [2.05, 4.69) is 36.0 Å². The first-order chi connectivity index (χ1) is 41.6. The summed E-state index contributed by atoms with van der Waals surface area (Å²) in [5, 5.41) is 49.4. The number of nitrogens with one attached hydrogen (secondary N) is 2. The highest BCUT2D eigenvalue weighted by molar-refractivity contribution is 6.05. The minimum absolute atomic E-state index is 0.0424. The number of hydrogen-bond acceptors (Lipinski definition) is 22. The molecule has 6 aromatic rings. The third-order valence-electron chi connectivity index (χ3n) is 13.3. The predicted octanol–water partition coefficient (Wildman–Crippen LogP) is 8.43. The Bertz CT molecular complexity index is 3790. The van der Waals surface area contributed by atoms with Gasteiger partial charge in [0.05, 0.1) is 50.9 Å². The zero-order valence-electron chi connectivity index (χ0n) is 54.9. The number of nitrogens with zero attached hydrogens (tertiary/aromatic N) is 19. The lowest BCUT2D eigenvalue weighted by Crippen LogP contribution is -2.26. The Morgan fingerprint density at radius 2 is 0.778 bits per heavy atom. The molecule has 0 saturated carbocycles. The third-order valence-corrected chi connectivity index (χ3v) is 13.3. The average Bonchev–Trinajstić information content (AvgIpc) is 1.61. The number of carbonyl (C=O) groups is 6. The second-order valence-corrected chi connectivity index (χ2v) is 25.3. The van der Waals surface area contributed by atoms with Crippen molar-refractivity contribution in [3.8, 4) is 11.9 Å². The maximum Gasteiger partial charge on any atom is 0.259 e. The number of nitrogens with two attached hydrogens (primary N) is 3. The van der Waals surface area contributed by atoms with E-state index in [0.29, 0.717) is 11.4 Å². The molecule has 0 unspecified atom stereocenters. The summed E-state index contributed by atoms with van der Waals surface area (Å²) in [7, 11) is 18.9. The lowest BCUT2D eigenvalue weighted by molar-refractivity contribution is 0.0812. The van der Waals surface area contributed by atoms with Gasteiger partial charge in [-0.25, -0.2) is 0 Å². The molecular weight excluding hydrogens is 1150 g/mol. The monoisotopic (exact) mass is 1230 g/mol. The van der Waals surface area contributed by atoms with E-state index in [-0.39, 0.29) is 126 Å². The summed E-state index contributed by atoms with van der Waals surface area (Å²) in [5.74, 6) is -3.83. The Morgan fingerprint density at radius 3 is 1.07 bits per heavy atom. The molecule has 0 radical (unpaired) electrons. The second kappa shape index (κ2) is 26.3. The smallest absolute Gasteiger partial charge is 0.259 e. The largest absolute Gasteiger partial charge is 0.383 e. The normalized spacial score (nSPS) is 12.3. The van der Waals surface area contributed by atoms with Crippen LogP contribution in [0.3, 0.4) is 0 Å². The molecule has 0 bridgehead atoms. The van der Waals surface area contributed by atoms with Crippen LogP contribution in [-0.4, -0.2) is 190 Å². The highest BCUT2D eigenvalue weighted by atomic mass is 16.2. The molecule has 30 nitrogen and oxygen atoms in total. The molecule has 90 heavy (non-hydrogen) atoms. The minimum Gasteiger partial charge on any atom is -0.383 e. The fourth-order valence-corrected chi connectivity index (χ4v) is 8.32. The molecule has 0 atom stereocenters. The number of azo groups is 3. The van der Waals surface area contributed by atoms with Gasteiger partial charge in [0.15, 0.2) is 23.0 Å². The predicted molar refractivity (Wildman–Crippen MR) is 343 cm³/mol. The van der Waals surface area contributed by atoms with Crippen molar-refractivity contribution in [3.63, 3.8) is 0 Å². The average molecular weight is 1230 g/mol. The molecule has 30 heteroatoms.